The number of nitrogens with two attached hydrogens (primary N) is 1. The van der Waals surface area contributed by atoms with Gasteiger partial charge in [0.2, 0.25) is 6.41 Å². The van der Waals surface area contributed by atoms with Gasteiger partial charge in [0.1, 0.15) is 5.75 Å². The Morgan fingerprint density at radius 1 is 1.36 bits per heavy atom. The molecule has 2 aromatic rings. The molecule has 1 aromatic carbocycles. The molecule has 0 atom stereocenters. The molecule has 0 radical (unpaired) electrons. The normalized spacial score (nSPS) is 15.0. The highest BCUT2D eigenvalue weighted by molar-refractivity contribution is 6.19. The van der Waals surface area contributed by atoms with E-state index in [0.29, 0.717) is 12.1 Å². The van der Waals surface area contributed by atoms with Crippen LogP contribution in [-0.2, 0) is 32.7 Å². The largest absolute Gasteiger partial charge is 0.496 e. The molecule has 2 aliphatic rings. The number of carbonyl (C=O) groups is 2. The Labute approximate surface area is 231 Å². The molecule has 9 nitrogen and oxygen atoms in total. The lowest BCUT2D eigenvalue weighted by Gasteiger charge is -2.34. The quantitative estimate of drug-likeness (QED) is 0.247. The van der Waals surface area contributed by atoms with Crippen molar-refractivity contribution >= 4 is 23.7 Å². The van der Waals surface area contributed by atoms with Crippen molar-refractivity contribution in [2.75, 3.05) is 25.6 Å². The van der Waals surface area contributed by atoms with E-state index in [4.69, 9.17) is 19.7 Å². The fourth-order valence-electron chi connectivity index (χ4n) is 4.77. The minimum atomic E-state index is -0.225. The van der Waals surface area contributed by atoms with Gasteiger partial charge in [0.15, 0.2) is 0 Å². The van der Waals surface area contributed by atoms with Crippen molar-refractivity contribution in [1.29, 1.82) is 5.41 Å². The number of methoxy groups -OCH3 is 1. The molecule has 1 saturated heterocycles. The summed E-state index contributed by atoms with van der Waals surface area (Å²) in [6.07, 6.45) is 6.93. The standard InChI is InChI=1S/C15H20N2O2.C14H18N2O.CH3NO/c1-5-13(11(3)16)15(18)17-9-12-7-6-8-14(19-4)10(12)2;1-3-11-8-13-12(9-15-11)14(10(2)16-13)4-6-17-7-5-14;2-1-3/h5-8,16H,9H2,1-4H3,(H,17,18);8-9,16H,2-7H2,1H3;1H,(H2,2,3)/b13-5+,16-11?;;. The molecule has 2 amide bonds. The van der Waals surface area contributed by atoms with E-state index in [2.05, 4.69) is 40.9 Å². The summed E-state index contributed by atoms with van der Waals surface area (Å²) in [5, 5.41) is 13.8. The third-order valence-corrected chi connectivity index (χ3v) is 7.04. The van der Waals surface area contributed by atoms with Crippen LogP contribution in [0.5, 0.6) is 5.75 Å². The number of fused-ring (bicyclic) bond motifs is 2. The highest BCUT2D eigenvalue weighted by atomic mass is 16.5. The fourth-order valence-corrected chi connectivity index (χ4v) is 4.77. The average Bonchev–Trinajstić information content (AvgIpc) is 3.19. The topological polar surface area (TPSA) is 139 Å². The molecule has 9 heteroatoms. The summed E-state index contributed by atoms with van der Waals surface area (Å²) < 4.78 is 10.7. The zero-order chi connectivity index (χ0) is 29.0. The predicted octanol–water partition coefficient (Wildman–Crippen LogP) is 4.34. The lowest BCUT2D eigenvalue weighted by atomic mass is 9.74. The fraction of sp³-hybridized carbons (Fsp3) is 0.400. The smallest absolute Gasteiger partial charge is 0.253 e. The molecule has 1 aromatic heterocycles. The van der Waals surface area contributed by atoms with Gasteiger partial charge in [-0.25, -0.2) is 0 Å². The Morgan fingerprint density at radius 2 is 2.03 bits per heavy atom. The number of pyridine rings is 1. The number of rotatable bonds is 6. The second-order valence-corrected chi connectivity index (χ2v) is 9.26. The Morgan fingerprint density at radius 3 is 2.59 bits per heavy atom. The van der Waals surface area contributed by atoms with Crippen molar-refractivity contribution in [2.24, 2.45) is 5.73 Å². The van der Waals surface area contributed by atoms with E-state index >= 15 is 0 Å². The number of ether oxygens (including phenoxy) is 2. The lowest BCUT2D eigenvalue weighted by molar-refractivity contribution is -0.117. The highest BCUT2D eigenvalue weighted by Gasteiger charge is 2.43. The van der Waals surface area contributed by atoms with Crippen molar-refractivity contribution < 1.29 is 19.1 Å². The molecule has 3 heterocycles. The number of aromatic nitrogens is 1. The molecule has 0 aliphatic carbocycles. The number of benzene rings is 1. The van der Waals surface area contributed by atoms with Gasteiger partial charge in [-0.1, -0.05) is 31.7 Å². The molecule has 0 saturated carbocycles. The van der Waals surface area contributed by atoms with Crippen molar-refractivity contribution in [3.05, 3.63) is 76.8 Å². The minimum Gasteiger partial charge on any atom is -0.496 e. The van der Waals surface area contributed by atoms with Gasteiger partial charge in [0.25, 0.3) is 5.91 Å². The number of carbonyl (C=O) groups excluding carboxylic acids is 2. The van der Waals surface area contributed by atoms with E-state index in [1.807, 2.05) is 31.3 Å². The van der Waals surface area contributed by atoms with Gasteiger partial charge in [-0.2, -0.15) is 0 Å². The molecule has 0 bridgehead atoms. The third kappa shape index (κ3) is 7.54. The maximum Gasteiger partial charge on any atom is 0.253 e. The van der Waals surface area contributed by atoms with Crippen LogP contribution in [0.1, 0.15) is 56.0 Å². The van der Waals surface area contributed by atoms with Crippen LogP contribution in [0.4, 0.5) is 5.69 Å². The summed E-state index contributed by atoms with van der Waals surface area (Å²) >= 11 is 0. The third-order valence-electron chi connectivity index (χ3n) is 7.04. The number of hydrogen-bond donors (Lipinski definition) is 4. The summed E-state index contributed by atoms with van der Waals surface area (Å²) in [4.78, 5) is 25.0. The molecule has 1 spiro atoms. The monoisotopic (exact) mass is 535 g/mol. The second-order valence-electron chi connectivity index (χ2n) is 9.26. The molecular weight excluding hydrogens is 494 g/mol. The first-order valence-corrected chi connectivity index (χ1v) is 13.0. The number of anilines is 1. The van der Waals surface area contributed by atoms with Gasteiger partial charge >= 0.3 is 0 Å². The molecule has 210 valence electrons. The summed E-state index contributed by atoms with van der Waals surface area (Å²) in [5.41, 5.74) is 11.7. The Hall–Kier alpha value is -3.98. The van der Waals surface area contributed by atoms with Crippen molar-refractivity contribution in [3.63, 3.8) is 0 Å². The maximum atomic E-state index is 11.9. The molecule has 4 rings (SSSR count). The van der Waals surface area contributed by atoms with Crippen molar-refractivity contribution in [1.82, 2.24) is 10.3 Å². The van der Waals surface area contributed by atoms with E-state index < -0.39 is 0 Å². The van der Waals surface area contributed by atoms with E-state index in [1.54, 1.807) is 27.0 Å². The average molecular weight is 536 g/mol. The lowest BCUT2D eigenvalue weighted by Crippen LogP contribution is -2.33. The summed E-state index contributed by atoms with van der Waals surface area (Å²) in [7, 11) is 1.63. The first kappa shape index (κ1) is 31.2. The molecule has 1 fully saturated rings. The number of nitrogens with zero attached hydrogens (tertiary/aromatic N) is 1. The van der Waals surface area contributed by atoms with Gasteiger partial charge in [-0.05, 0) is 63.3 Å². The number of aryl methyl sites for hydroxylation is 1. The summed E-state index contributed by atoms with van der Waals surface area (Å²) in [6, 6.07) is 7.89. The summed E-state index contributed by atoms with van der Waals surface area (Å²) in [5.74, 6) is 0.582. The number of allylic oxidation sites excluding steroid dienone is 2. The van der Waals surface area contributed by atoms with Crippen LogP contribution in [-0.4, -0.2) is 43.3 Å². The van der Waals surface area contributed by atoms with Gasteiger partial charge in [0.05, 0.1) is 12.7 Å². The molecule has 39 heavy (non-hydrogen) atoms. The van der Waals surface area contributed by atoms with Crippen LogP contribution in [0.25, 0.3) is 0 Å². The summed E-state index contributed by atoms with van der Waals surface area (Å²) in [6.45, 7) is 13.7. The zero-order valence-corrected chi connectivity index (χ0v) is 23.6. The Bertz CT molecular complexity index is 1220. The first-order valence-electron chi connectivity index (χ1n) is 13.0. The SMILES string of the molecule is C/C=C(\C(C)=N)C(=O)NCc1cccc(OC)c1C.C=C1Nc2cc(CC)ncc2C12CCOCC2.NC=O. The van der Waals surface area contributed by atoms with Gasteiger partial charge < -0.3 is 31.3 Å². The van der Waals surface area contributed by atoms with Crippen molar-refractivity contribution in [3.8, 4) is 5.75 Å². The number of nitrogens with one attached hydrogen (secondary N) is 3. The Balaban J connectivity index is 0.000000249. The number of primary amides is 1. The minimum absolute atomic E-state index is 0.0624. The van der Waals surface area contributed by atoms with Gasteiger partial charge in [-0.15, -0.1) is 0 Å². The molecule has 5 N–H and O–H groups in total. The van der Waals surface area contributed by atoms with E-state index in [9.17, 15) is 4.79 Å². The molecule has 2 aliphatic heterocycles. The number of hydrogen-bond acceptors (Lipinski definition) is 7. The first-order chi connectivity index (χ1) is 18.7. The van der Waals surface area contributed by atoms with E-state index in [-0.39, 0.29) is 23.4 Å². The number of amides is 2. The highest BCUT2D eigenvalue weighted by Crippen LogP contribution is 2.48. The van der Waals surface area contributed by atoms with Crippen molar-refractivity contribution in [2.45, 2.75) is 58.9 Å². The van der Waals surface area contributed by atoms with Gasteiger partial charge in [0, 0.05) is 59.7 Å². The van der Waals surface area contributed by atoms with Crippen LogP contribution >= 0.6 is 0 Å². The Kier molecular flexibility index (Phi) is 11.9. The maximum absolute atomic E-state index is 11.9. The van der Waals surface area contributed by atoms with Crippen LogP contribution in [0, 0.1) is 12.3 Å². The van der Waals surface area contributed by atoms with E-state index in [1.165, 1.54) is 11.3 Å². The van der Waals surface area contributed by atoms with Crippen LogP contribution in [0.15, 0.2) is 54.4 Å². The zero-order valence-electron chi connectivity index (χ0n) is 23.6. The second kappa shape index (κ2) is 14.8. The van der Waals surface area contributed by atoms with Crippen LogP contribution < -0.4 is 21.1 Å². The van der Waals surface area contributed by atoms with E-state index in [0.717, 1.165) is 60.7 Å². The van der Waals surface area contributed by atoms with Gasteiger partial charge in [-0.3, -0.25) is 14.6 Å². The van der Waals surface area contributed by atoms with Crippen LogP contribution in [0.3, 0.4) is 0 Å². The van der Waals surface area contributed by atoms with Crippen LogP contribution in [0.2, 0.25) is 0 Å². The predicted molar refractivity (Wildman–Crippen MR) is 155 cm³/mol. The molecule has 0 unspecified atom stereocenters. The molecular formula is C30H41N5O4.